The molecule has 0 amide bonds. The zero-order valence-electron chi connectivity index (χ0n) is 9.57. The molecule has 0 unspecified atom stereocenters. The summed E-state index contributed by atoms with van der Waals surface area (Å²) in [5.41, 5.74) is 0. The maximum atomic E-state index is 13.3. The van der Waals surface area contributed by atoms with E-state index in [1.165, 1.54) is 0 Å². The number of rotatable bonds is 2. The maximum Gasteiger partial charge on any atom is 0.306 e. The van der Waals surface area contributed by atoms with E-state index in [0.717, 1.165) is 38.6 Å². The van der Waals surface area contributed by atoms with Crippen LogP contribution < -0.4 is 0 Å². The van der Waals surface area contributed by atoms with Gasteiger partial charge in [-0.2, -0.15) is 0 Å². The lowest BCUT2D eigenvalue weighted by atomic mass is 9.85. The fourth-order valence-electron chi connectivity index (χ4n) is 2.97. The average Bonchev–Trinajstić information content (AvgIpc) is 2.29. The molecule has 0 bridgehead atoms. The number of likely N-dealkylation sites (tertiary alicyclic amines) is 1. The molecule has 2 rings (SSSR count). The van der Waals surface area contributed by atoms with Gasteiger partial charge in [-0.15, -0.1) is 0 Å². The van der Waals surface area contributed by atoms with Crippen molar-refractivity contribution in [2.24, 2.45) is 5.92 Å². The summed E-state index contributed by atoms with van der Waals surface area (Å²) in [6.07, 6.45) is 4.32. The smallest absolute Gasteiger partial charge is 0.306 e. The van der Waals surface area contributed by atoms with Crippen molar-refractivity contribution in [1.29, 1.82) is 0 Å². The van der Waals surface area contributed by atoms with Crippen molar-refractivity contribution < 1.29 is 14.3 Å². The predicted octanol–water partition coefficient (Wildman–Crippen LogP) is 2.06. The van der Waals surface area contributed by atoms with Crippen LogP contribution in [0.1, 0.15) is 38.5 Å². The van der Waals surface area contributed by atoms with E-state index in [0.29, 0.717) is 19.0 Å². The molecule has 92 valence electrons. The Morgan fingerprint density at radius 3 is 2.44 bits per heavy atom. The molecule has 0 aromatic carbocycles. The Hall–Kier alpha value is -0.640. The Morgan fingerprint density at radius 2 is 1.88 bits per heavy atom. The van der Waals surface area contributed by atoms with Crippen molar-refractivity contribution in [2.75, 3.05) is 13.1 Å². The molecule has 1 aliphatic carbocycles. The summed E-state index contributed by atoms with van der Waals surface area (Å²) in [5.74, 6) is -0.831. The van der Waals surface area contributed by atoms with Gasteiger partial charge in [0.2, 0.25) is 0 Å². The second-order valence-corrected chi connectivity index (χ2v) is 5.08. The summed E-state index contributed by atoms with van der Waals surface area (Å²) in [7, 11) is 0. The van der Waals surface area contributed by atoms with Crippen molar-refractivity contribution in [3.8, 4) is 0 Å². The van der Waals surface area contributed by atoms with Gasteiger partial charge in [0.15, 0.2) is 0 Å². The Balaban J connectivity index is 1.81. The number of nitrogens with zero attached hydrogens (tertiary/aromatic N) is 1. The summed E-state index contributed by atoms with van der Waals surface area (Å²) >= 11 is 0. The van der Waals surface area contributed by atoms with E-state index in [1.54, 1.807) is 0 Å². The first-order valence-corrected chi connectivity index (χ1v) is 6.27. The summed E-state index contributed by atoms with van der Waals surface area (Å²) in [5, 5.41) is 8.90. The van der Waals surface area contributed by atoms with Crippen LogP contribution in [-0.2, 0) is 4.79 Å². The molecule has 1 saturated carbocycles. The van der Waals surface area contributed by atoms with E-state index in [1.807, 2.05) is 0 Å². The summed E-state index contributed by atoms with van der Waals surface area (Å²) in [6, 6.07) is 0.425. The standard InChI is InChI=1S/C12H20FNO2/c13-10-2-1-7-14(8-10)11-5-3-9(4-6-11)12(15)16/h9-11H,1-8H2,(H,15,16)/t9?,10-,11?/m1/s1. The van der Waals surface area contributed by atoms with Gasteiger partial charge in [0.05, 0.1) is 5.92 Å². The minimum atomic E-state index is -0.675. The van der Waals surface area contributed by atoms with Gasteiger partial charge in [-0.05, 0) is 45.1 Å². The van der Waals surface area contributed by atoms with Crippen molar-refractivity contribution in [2.45, 2.75) is 50.7 Å². The highest BCUT2D eigenvalue weighted by molar-refractivity contribution is 5.70. The summed E-state index contributed by atoms with van der Waals surface area (Å²) in [6.45, 7) is 1.55. The van der Waals surface area contributed by atoms with E-state index in [9.17, 15) is 9.18 Å². The van der Waals surface area contributed by atoms with Crippen LogP contribution in [0.2, 0.25) is 0 Å². The Kier molecular flexibility index (Phi) is 3.79. The number of piperidine rings is 1. The van der Waals surface area contributed by atoms with Gasteiger partial charge in [-0.3, -0.25) is 9.69 Å². The van der Waals surface area contributed by atoms with Crippen LogP contribution in [0.4, 0.5) is 4.39 Å². The molecule has 16 heavy (non-hydrogen) atoms. The van der Waals surface area contributed by atoms with Crippen LogP contribution in [-0.4, -0.2) is 41.3 Å². The number of aliphatic carboxylic acids is 1. The lowest BCUT2D eigenvalue weighted by Crippen LogP contribution is -2.45. The number of alkyl halides is 1. The zero-order valence-corrected chi connectivity index (χ0v) is 9.57. The van der Waals surface area contributed by atoms with E-state index >= 15 is 0 Å². The van der Waals surface area contributed by atoms with Crippen molar-refractivity contribution >= 4 is 5.97 Å². The van der Waals surface area contributed by atoms with Crippen LogP contribution in [0, 0.1) is 5.92 Å². The molecular formula is C12H20FNO2. The van der Waals surface area contributed by atoms with Gasteiger partial charge < -0.3 is 5.11 Å². The number of hydrogen-bond donors (Lipinski definition) is 1. The minimum Gasteiger partial charge on any atom is -0.481 e. The van der Waals surface area contributed by atoms with E-state index in [2.05, 4.69) is 4.90 Å². The van der Waals surface area contributed by atoms with Gasteiger partial charge in [0.1, 0.15) is 6.17 Å². The quantitative estimate of drug-likeness (QED) is 0.788. The van der Waals surface area contributed by atoms with Gasteiger partial charge in [-0.1, -0.05) is 0 Å². The first-order valence-electron chi connectivity index (χ1n) is 6.27. The monoisotopic (exact) mass is 229 g/mol. The normalized spacial score (nSPS) is 37.2. The molecule has 3 nitrogen and oxygen atoms in total. The van der Waals surface area contributed by atoms with Crippen molar-refractivity contribution in [3.05, 3.63) is 0 Å². The maximum absolute atomic E-state index is 13.3. The molecule has 0 spiro atoms. The molecule has 1 aliphatic heterocycles. The SMILES string of the molecule is O=C(O)C1CCC(N2CCC[C@@H](F)C2)CC1. The van der Waals surface area contributed by atoms with E-state index < -0.39 is 12.1 Å². The molecular weight excluding hydrogens is 209 g/mol. The van der Waals surface area contributed by atoms with Gasteiger partial charge in [-0.25, -0.2) is 4.39 Å². The zero-order chi connectivity index (χ0) is 11.5. The number of carboxylic acid groups (broad SMARTS) is 1. The van der Waals surface area contributed by atoms with Gasteiger partial charge in [0, 0.05) is 12.6 Å². The Labute approximate surface area is 95.6 Å². The topological polar surface area (TPSA) is 40.5 Å². The molecule has 2 aliphatic rings. The fraction of sp³-hybridized carbons (Fsp3) is 0.917. The van der Waals surface area contributed by atoms with E-state index in [4.69, 9.17) is 5.11 Å². The molecule has 2 fully saturated rings. The summed E-state index contributed by atoms with van der Waals surface area (Å²) < 4.78 is 13.3. The average molecular weight is 229 g/mol. The lowest BCUT2D eigenvalue weighted by molar-refractivity contribution is -0.143. The highest BCUT2D eigenvalue weighted by Crippen LogP contribution is 2.29. The Bertz CT molecular complexity index is 251. The predicted molar refractivity (Wildman–Crippen MR) is 59.1 cm³/mol. The third-order valence-corrected chi connectivity index (χ3v) is 3.96. The lowest BCUT2D eigenvalue weighted by Gasteiger charge is -2.39. The first-order chi connectivity index (χ1) is 7.66. The molecule has 4 heteroatoms. The highest BCUT2D eigenvalue weighted by Gasteiger charge is 2.31. The molecule has 1 saturated heterocycles. The molecule has 1 heterocycles. The van der Waals surface area contributed by atoms with E-state index in [-0.39, 0.29) is 5.92 Å². The second kappa shape index (κ2) is 5.13. The van der Waals surface area contributed by atoms with Gasteiger partial charge in [0.25, 0.3) is 0 Å². The molecule has 0 aromatic rings. The number of halogens is 1. The summed E-state index contributed by atoms with van der Waals surface area (Å²) in [4.78, 5) is 13.0. The highest BCUT2D eigenvalue weighted by atomic mass is 19.1. The molecule has 1 atom stereocenters. The van der Waals surface area contributed by atoms with Crippen LogP contribution >= 0.6 is 0 Å². The van der Waals surface area contributed by atoms with Crippen LogP contribution in [0.25, 0.3) is 0 Å². The molecule has 0 aromatic heterocycles. The molecule has 1 N–H and O–H groups in total. The van der Waals surface area contributed by atoms with Gasteiger partial charge >= 0.3 is 5.97 Å². The van der Waals surface area contributed by atoms with Crippen molar-refractivity contribution in [3.63, 3.8) is 0 Å². The van der Waals surface area contributed by atoms with Crippen LogP contribution in [0.15, 0.2) is 0 Å². The number of carbonyl (C=O) groups is 1. The largest absolute Gasteiger partial charge is 0.481 e. The van der Waals surface area contributed by atoms with Crippen LogP contribution in [0.5, 0.6) is 0 Å². The second-order valence-electron chi connectivity index (χ2n) is 5.08. The van der Waals surface area contributed by atoms with Crippen molar-refractivity contribution in [1.82, 2.24) is 4.90 Å². The third kappa shape index (κ3) is 2.73. The first kappa shape index (κ1) is 11.8. The third-order valence-electron chi connectivity index (χ3n) is 3.96. The Morgan fingerprint density at radius 1 is 1.19 bits per heavy atom. The minimum absolute atomic E-state index is 0.165. The molecule has 0 radical (unpaired) electrons. The number of hydrogen-bond acceptors (Lipinski definition) is 2. The number of carboxylic acids is 1. The van der Waals surface area contributed by atoms with Crippen LogP contribution in [0.3, 0.4) is 0 Å². The fourth-order valence-corrected chi connectivity index (χ4v) is 2.97.